The molecule has 0 spiro atoms. The number of aryl methyl sites for hydroxylation is 1. The first-order chi connectivity index (χ1) is 9.06. The fraction of sp³-hybridized carbons (Fsp3) is 0.533. The second-order valence-corrected chi connectivity index (χ2v) is 6.22. The van der Waals surface area contributed by atoms with Gasteiger partial charge in [-0.2, -0.15) is 0 Å². The van der Waals surface area contributed by atoms with E-state index in [4.69, 9.17) is 5.11 Å². The van der Waals surface area contributed by atoms with Crippen LogP contribution in [0.2, 0.25) is 0 Å². The summed E-state index contributed by atoms with van der Waals surface area (Å²) in [5.74, 6) is -0.642. The van der Waals surface area contributed by atoms with Crippen molar-refractivity contribution in [3.63, 3.8) is 0 Å². The van der Waals surface area contributed by atoms with Crippen molar-refractivity contribution in [2.75, 3.05) is 19.6 Å². The molecular weight excluding hydrogens is 306 g/mol. The highest BCUT2D eigenvalue weighted by molar-refractivity contribution is 9.10. The molecule has 1 aliphatic rings. The van der Waals surface area contributed by atoms with E-state index in [-0.39, 0.29) is 12.3 Å². The van der Waals surface area contributed by atoms with Crippen molar-refractivity contribution < 1.29 is 9.90 Å². The smallest absolute Gasteiger partial charge is 0.304 e. The predicted molar refractivity (Wildman–Crippen MR) is 79.5 cm³/mol. The molecule has 0 bridgehead atoms. The lowest BCUT2D eigenvalue weighted by molar-refractivity contribution is -0.137. The Bertz CT molecular complexity index is 455. The summed E-state index contributed by atoms with van der Waals surface area (Å²) in [4.78, 5) is 13.5. The van der Waals surface area contributed by atoms with Crippen LogP contribution in [0.25, 0.3) is 0 Å². The van der Waals surface area contributed by atoms with Gasteiger partial charge < -0.3 is 10.0 Å². The molecule has 3 nitrogen and oxygen atoms in total. The maximum absolute atomic E-state index is 11.1. The number of halogens is 1. The van der Waals surface area contributed by atoms with Crippen LogP contribution in [-0.4, -0.2) is 35.6 Å². The fourth-order valence-corrected chi connectivity index (χ4v) is 3.19. The molecule has 1 aromatic carbocycles. The van der Waals surface area contributed by atoms with Gasteiger partial charge in [-0.1, -0.05) is 22.0 Å². The Labute approximate surface area is 122 Å². The minimum Gasteiger partial charge on any atom is -0.481 e. The molecule has 2 rings (SSSR count). The number of hydrogen-bond acceptors (Lipinski definition) is 2. The fourth-order valence-electron chi connectivity index (χ4n) is 2.81. The first-order valence-corrected chi connectivity index (χ1v) is 7.56. The lowest BCUT2D eigenvalue weighted by Gasteiger charge is -2.24. The number of nitrogens with zero attached hydrogens (tertiary/aromatic N) is 1. The van der Waals surface area contributed by atoms with Crippen LogP contribution in [0.4, 0.5) is 0 Å². The molecule has 0 aromatic heterocycles. The third kappa shape index (κ3) is 4.05. The molecule has 1 fully saturated rings. The zero-order valence-electron chi connectivity index (χ0n) is 11.2. The van der Waals surface area contributed by atoms with E-state index in [2.05, 4.69) is 39.9 Å². The quantitative estimate of drug-likeness (QED) is 0.901. The summed E-state index contributed by atoms with van der Waals surface area (Å²) < 4.78 is 1.02. The van der Waals surface area contributed by atoms with Crippen molar-refractivity contribution in [3.8, 4) is 0 Å². The van der Waals surface area contributed by atoms with Gasteiger partial charge >= 0.3 is 5.97 Å². The maximum atomic E-state index is 11.1. The molecule has 1 saturated heterocycles. The van der Waals surface area contributed by atoms with E-state index in [1.807, 2.05) is 6.07 Å². The van der Waals surface area contributed by atoms with Gasteiger partial charge in [0, 0.05) is 16.9 Å². The van der Waals surface area contributed by atoms with E-state index in [1.54, 1.807) is 0 Å². The predicted octanol–water partition coefficient (Wildman–Crippen LogP) is 3.41. The Morgan fingerprint density at radius 1 is 1.42 bits per heavy atom. The average molecular weight is 326 g/mol. The number of hydrogen-bond donors (Lipinski definition) is 1. The second kappa shape index (κ2) is 6.53. The summed E-state index contributed by atoms with van der Waals surface area (Å²) in [7, 11) is 0. The summed E-state index contributed by atoms with van der Waals surface area (Å²) in [6.45, 7) is 5.11. The van der Waals surface area contributed by atoms with E-state index in [0.717, 1.165) is 29.7 Å². The first kappa shape index (κ1) is 14.5. The second-order valence-electron chi connectivity index (χ2n) is 5.30. The summed E-state index contributed by atoms with van der Waals surface area (Å²) in [6, 6.07) is 6.13. The summed E-state index contributed by atoms with van der Waals surface area (Å²) >= 11 is 3.48. The maximum Gasteiger partial charge on any atom is 0.304 e. The molecule has 4 heteroatoms. The van der Waals surface area contributed by atoms with Crippen LogP contribution < -0.4 is 0 Å². The van der Waals surface area contributed by atoms with Crippen LogP contribution in [-0.2, 0) is 4.79 Å². The van der Waals surface area contributed by atoms with Gasteiger partial charge in [-0.05, 0) is 56.1 Å². The Morgan fingerprint density at radius 3 is 2.74 bits per heavy atom. The molecule has 19 heavy (non-hydrogen) atoms. The van der Waals surface area contributed by atoms with Gasteiger partial charge in [0.1, 0.15) is 0 Å². The van der Waals surface area contributed by atoms with Gasteiger partial charge in [-0.15, -0.1) is 0 Å². The number of likely N-dealkylation sites (tertiary alicyclic amines) is 1. The van der Waals surface area contributed by atoms with Gasteiger partial charge in [-0.25, -0.2) is 0 Å². The molecule has 1 unspecified atom stereocenters. The van der Waals surface area contributed by atoms with E-state index in [1.165, 1.54) is 18.4 Å². The molecule has 0 radical (unpaired) electrons. The van der Waals surface area contributed by atoms with Gasteiger partial charge in [0.25, 0.3) is 0 Å². The minimum atomic E-state index is -0.719. The highest BCUT2D eigenvalue weighted by Gasteiger charge is 2.22. The van der Waals surface area contributed by atoms with Crippen molar-refractivity contribution in [3.05, 3.63) is 33.8 Å². The summed E-state index contributed by atoms with van der Waals surface area (Å²) in [5, 5.41) is 9.15. The van der Waals surface area contributed by atoms with Crippen LogP contribution in [0.5, 0.6) is 0 Å². The number of aliphatic carboxylic acids is 1. The average Bonchev–Trinajstić information content (AvgIpc) is 2.84. The van der Waals surface area contributed by atoms with E-state index >= 15 is 0 Å². The molecule has 0 saturated carbocycles. The zero-order valence-corrected chi connectivity index (χ0v) is 12.8. The number of carbonyl (C=O) groups is 1. The molecule has 1 aromatic rings. The van der Waals surface area contributed by atoms with Gasteiger partial charge in [-0.3, -0.25) is 4.79 Å². The lowest BCUT2D eigenvalue weighted by Crippen LogP contribution is -2.27. The molecule has 0 amide bonds. The van der Waals surface area contributed by atoms with E-state index < -0.39 is 5.97 Å². The Balaban J connectivity index is 2.19. The Kier molecular flexibility index (Phi) is 4.99. The lowest BCUT2D eigenvalue weighted by atomic mass is 9.91. The normalized spacial score (nSPS) is 17.6. The standard InChI is InChI=1S/C15H20BrNO2/c1-11-4-5-13(16)9-14(11)12(8-15(18)19)10-17-6-2-3-7-17/h4-5,9,12H,2-3,6-8,10H2,1H3,(H,18,19). The third-order valence-electron chi connectivity index (χ3n) is 3.78. The van der Waals surface area contributed by atoms with Gasteiger partial charge in [0.15, 0.2) is 0 Å². The number of carboxylic acids is 1. The molecule has 104 valence electrons. The molecule has 1 N–H and O–H groups in total. The molecule has 0 aliphatic carbocycles. The largest absolute Gasteiger partial charge is 0.481 e. The van der Waals surface area contributed by atoms with Crippen molar-refractivity contribution in [1.82, 2.24) is 4.90 Å². The number of carboxylic acid groups (broad SMARTS) is 1. The van der Waals surface area contributed by atoms with Crippen molar-refractivity contribution in [2.24, 2.45) is 0 Å². The SMILES string of the molecule is Cc1ccc(Br)cc1C(CC(=O)O)CN1CCCC1. The van der Waals surface area contributed by atoms with Crippen LogP contribution in [0.15, 0.2) is 22.7 Å². The highest BCUT2D eigenvalue weighted by atomic mass is 79.9. The number of benzene rings is 1. The van der Waals surface area contributed by atoms with Crippen LogP contribution in [0.3, 0.4) is 0 Å². The first-order valence-electron chi connectivity index (χ1n) is 6.76. The zero-order chi connectivity index (χ0) is 13.8. The topological polar surface area (TPSA) is 40.5 Å². The van der Waals surface area contributed by atoms with Crippen molar-refractivity contribution in [2.45, 2.75) is 32.1 Å². The van der Waals surface area contributed by atoms with Gasteiger partial charge in [0.2, 0.25) is 0 Å². The monoisotopic (exact) mass is 325 g/mol. The minimum absolute atomic E-state index is 0.0769. The van der Waals surface area contributed by atoms with E-state index in [0.29, 0.717) is 0 Å². The molecule has 1 heterocycles. The Morgan fingerprint density at radius 2 is 2.11 bits per heavy atom. The molecule has 1 atom stereocenters. The number of rotatable bonds is 5. The van der Waals surface area contributed by atoms with Crippen molar-refractivity contribution >= 4 is 21.9 Å². The van der Waals surface area contributed by atoms with Gasteiger partial charge in [0.05, 0.1) is 6.42 Å². The highest BCUT2D eigenvalue weighted by Crippen LogP contribution is 2.28. The van der Waals surface area contributed by atoms with E-state index in [9.17, 15) is 4.79 Å². The Hall–Kier alpha value is -0.870. The van der Waals surface area contributed by atoms with Crippen molar-refractivity contribution in [1.29, 1.82) is 0 Å². The van der Waals surface area contributed by atoms with Crippen LogP contribution in [0, 0.1) is 6.92 Å². The molecular formula is C15H20BrNO2. The van der Waals surface area contributed by atoms with Crippen LogP contribution in [0.1, 0.15) is 36.3 Å². The van der Waals surface area contributed by atoms with Crippen LogP contribution >= 0.6 is 15.9 Å². The molecule has 1 aliphatic heterocycles. The summed E-state index contributed by atoms with van der Waals surface area (Å²) in [5.41, 5.74) is 2.33. The summed E-state index contributed by atoms with van der Waals surface area (Å²) in [6.07, 6.45) is 2.67. The third-order valence-corrected chi connectivity index (χ3v) is 4.27.